The van der Waals surface area contributed by atoms with E-state index in [0.717, 1.165) is 22.9 Å². The molecule has 100 valence electrons. The van der Waals surface area contributed by atoms with Crippen molar-refractivity contribution in [2.24, 2.45) is 4.99 Å². The molecule has 0 saturated heterocycles. The predicted molar refractivity (Wildman–Crippen MR) is 72.7 cm³/mol. The van der Waals surface area contributed by atoms with Crippen LogP contribution in [0.1, 0.15) is 11.4 Å². The summed E-state index contributed by atoms with van der Waals surface area (Å²) in [5, 5.41) is 13.3. The van der Waals surface area contributed by atoms with Crippen molar-refractivity contribution in [2.75, 3.05) is 25.9 Å². The summed E-state index contributed by atoms with van der Waals surface area (Å²) in [7, 11) is 1.55. The molecule has 0 aliphatic carbocycles. The highest BCUT2D eigenvalue weighted by molar-refractivity contribution is 7.98. The number of nitrogens with one attached hydrogen (secondary N) is 2. The molecule has 0 atom stereocenters. The smallest absolute Gasteiger partial charge is 0.259 e. The van der Waals surface area contributed by atoms with Gasteiger partial charge in [-0.1, -0.05) is 0 Å². The highest BCUT2D eigenvalue weighted by Gasteiger charge is 2.05. The first kappa shape index (κ1) is 14.5. The lowest BCUT2D eigenvalue weighted by Crippen LogP contribution is -2.31. The number of nitro groups is 1. The standard InChI is InChI=1S/C10H17N5O2S/c1-8-9(14-7-13-8)6-18-4-3-12-10(11-2)5-15(16)17/h7H,3-6H2,1-2H3,(H,11,12)(H,13,14). The third-order valence-electron chi connectivity index (χ3n) is 2.30. The second-order valence-corrected chi connectivity index (χ2v) is 4.72. The molecule has 0 saturated carbocycles. The van der Waals surface area contributed by atoms with Crippen LogP contribution < -0.4 is 5.32 Å². The van der Waals surface area contributed by atoms with E-state index < -0.39 is 4.92 Å². The van der Waals surface area contributed by atoms with Crippen LogP contribution in [-0.4, -0.2) is 46.6 Å². The van der Waals surface area contributed by atoms with Crippen molar-refractivity contribution in [3.05, 3.63) is 27.8 Å². The van der Waals surface area contributed by atoms with Crippen LogP contribution in [0.25, 0.3) is 0 Å². The highest BCUT2D eigenvalue weighted by atomic mass is 32.2. The maximum atomic E-state index is 10.3. The maximum absolute atomic E-state index is 10.3. The quantitative estimate of drug-likeness (QED) is 0.252. The van der Waals surface area contributed by atoms with Gasteiger partial charge in [0.2, 0.25) is 0 Å². The van der Waals surface area contributed by atoms with Crippen molar-refractivity contribution in [2.45, 2.75) is 12.7 Å². The molecule has 0 bridgehead atoms. The molecular formula is C10H17N5O2S. The van der Waals surface area contributed by atoms with Crippen molar-refractivity contribution in [1.82, 2.24) is 15.3 Å². The summed E-state index contributed by atoms with van der Waals surface area (Å²) < 4.78 is 0. The number of aryl methyl sites for hydroxylation is 1. The molecule has 2 N–H and O–H groups in total. The van der Waals surface area contributed by atoms with Gasteiger partial charge in [0.1, 0.15) is 0 Å². The molecule has 7 nitrogen and oxygen atoms in total. The summed E-state index contributed by atoms with van der Waals surface area (Å²) in [6.45, 7) is 2.40. The van der Waals surface area contributed by atoms with E-state index in [-0.39, 0.29) is 6.54 Å². The zero-order valence-electron chi connectivity index (χ0n) is 10.5. The first-order chi connectivity index (χ1) is 8.63. The van der Waals surface area contributed by atoms with Crippen molar-refractivity contribution in [3.8, 4) is 0 Å². The number of nitrogens with zero attached hydrogens (tertiary/aromatic N) is 3. The Hall–Kier alpha value is -1.57. The van der Waals surface area contributed by atoms with Gasteiger partial charge >= 0.3 is 0 Å². The number of thioether (sulfide) groups is 1. The molecule has 1 aromatic heterocycles. The summed E-state index contributed by atoms with van der Waals surface area (Å²) in [6, 6.07) is 0. The Kier molecular flexibility index (Phi) is 6.20. The van der Waals surface area contributed by atoms with E-state index in [2.05, 4.69) is 20.3 Å². The van der Waals surface area contributed by atoms with Gasteiger partial charge in [0.15, 0.2) is 5.84 Å². The topological polar surface area (TPSA) is 96.2 Å². The molecule has 0 fully saturated rings. The van der Waals surface area contributed by atoms with E-state index in [1.54, 1.807) is 25.1 Å². The second-order valence-electron chi connectivity index (χ2n) is 3.61. The van der Waals surface area contributed by atoms with Crippen LogP contribution in [0.5, 0.6) is 0 Å². The average molecular weight is 271 g/mol. The van der Waals surface area contributed by atoms with E-state index in [4.69, 9.17) is 0 Å². The average Bonchev–Trinajstić information content (AvgIpc) is 2.72. The largest absolute Gasteiger partial charge is 0.368 e. The summed E-state index contributed by atoms with van der Waals surface area (Å²) in [6.07, 6.45) is 1.68. The van der Waals surface area contributed by atoms with Crippen molar-refractivity contribution < 1.29 is 4.92 Å². The number of hydrogen-bond acceptors (Lipinski definition) is 5. The number of aromatic nitrogens is 2. The number of hydrogen-bond donors (Lipinski definition) is 2. The highest BCUT2D eigenvalue weighted by Crippen LogP contribution is 2.11. The number of amidine groups is 1. The number of rotatable bonds is 7. The molecule has 0 aliphatic rings. The van der Waals surface area contributed by atoms with E-state index in [1.807, 2.05) is 6.92 Å². The molecule has 0 amide bonds. The Bertz CT molecular complexity index is 418. The summed E-state index contributed by atoms with van der Waals surface area (Å²) in [5.41, 5.74) is 2.13. The van der Waals surface area contributed by atoms with Crippen LogP contribution in [0.15, 0.2) is 11.3 Å². The van der Waals surface area contributed by atoms with Gasteiger partial charge in [-0.3, -0.25) is 15.1 Å². The van der Waals surface area contributed by atoms with Crippen LogP contribution in [-0.2, 0) is 5.75 Å². The summed E-state index contributed by atoms with van der Waals surface area (Å²) in [5.74, 6) is 2.10. The molecule has 0 unspecified atom stereocenters. The minimum absolute atomic E-state index is 0.250. The number of aliphatic imine (C=N–C) groups is 1. The van der Waals surface area contributed by atoms with Crippen LogP contribution in [0.4, 0.5) is 0 Å². The van der Waals surface area contributed by atoms with Gasteiger partial charge in [0, 0.05) is 35.7 Å². The Labute approximate surface area is 110 Å². The second kappa shape index (κ2) is 7.70. The molecule has 0 aliphatic heterocycles. The number of imidazole rings is 1. The van der Waals surface area contributed by atoms with E-state index in [9.17, 15) is 10.1 Å². The maximum Gasteiger partial charge on any atom is 0.259 e. The Morgan fingerprint density at radius 1 is 1.72 bits per heavy atom. The normalized spacial score (nSPS) is 11.6. The number of aromatic amines is 1. The monoisotopic (exact) mass is 271 g/mol. The zero-order valence-corrected chi connectivity index (χ0v) is 11.3. The molecule has 1 heterocycles. The lowest BCUT2D eigenvalue weighted by atomic mass is 10.4. The fourth-order valence-electron chi connectivity index (χ4n) is 1.30. The van der Waals surface area contributed by atoms with Gasteiger partial charge in [0.05, 0.1) is 12.0 Å². The Morgan fingerprint density at radius 2 is 2.50 bits per heavy atom. The number of H-pyrrole nitrogens is 1. The third-order valence-corrected chi connectivity index (χ3v) is 3.27. The van der Waals surface area contributed by atoms with Crippen LogP contribution >= 0.6 is 11.8 Å². The van der Waals surface area contributed by atoms with Crippen LogP contribution in [0.2, 0.25) is 0 Å². The Morgan fingerprint density at radius 3 is 3.06 bits per heavy atom. The van der Waals surface area contributed by atoms with Gasteiger partial charge < -0.3 is 10.3 Å². The van der Waals surface area contributed by atoms with Gasteiger partial charge in [0.25, 0.3) is 6.54 Å². The fourth-order valence-corrected chi connectivity index (χ4v) is 2.17. The Balaban J connectivity index is 2.15. The lowest BCUT2D eigenvalue weighted by molar-refractivity contribution is -0.463. The SMILES string of the molecule is CN=C(C[N+](=O)[O-])NCCSCc1nc[nH]c1C. The van der Waals surface area contributed by atoms with Gasteiger partial charge in [-0.05, 0) is 6.92 Å². The molecule has 0 radical (unpaired) electrons. The van der Waals surface area contributed by atoms with Gasteiger partial charge in [-0.2, -0.15) is 11.8 Å². The predicted octanol–water partition coefficient (Wildman–Crippen LogP) is 0.846. The van der Waals surface area contributed by atoms with Gasteiger partial charge in [-0.15, -0.1) is 0 Å². The molecule has 1 rings (SSSR count). The first-order valence-electron chi connectivity index (χ1n) is 5.51. The molecule has 0 spiro atoms. The zero-order chi connectivity index (χ0) is 13.4. The van der Waals surface area contributed by atoms with E-state index in [1.165, 1.54) is 0 Å². The van der Waals surface area contributed by atoms with Crippen LogP contribution in [0, 0.1) is 17.0 Å². The van der Waals surface area contributed by atoms with Crippen molar-refractivity contribution in [1.29, 1.82) is 0 Å². The molecule has 8 heteroatoms. The van der Waals surface area contributed by atoms with Crippen LogP contribution in [0.3, 0.4) is 0 Å². The first-order valence-corrected chi connectivity index (χ1v) is 6.67. The summed E-state index contributed by atoms with van der Waals surface area (Å²) in [4.78, 5) is 21.0. The minimum Gasteiger partial charge on any atom is -0.368 e. The molecular weight excluding hydrogens is 254 g/mol. The molecule has 18 heavy (non-hydrogen) atoms. The van der Waals surface area contributed by atoms with Crippen molar-refractivity contribution in [3.63, 3.8) is 0 Å². The fraction of sp³-hybridized carbons (Fsp3) is 0.600. The summed E-state index contributed by atoms with van der Waals surface area (Å²) >= 11 is 1.73. The van der Waals surface area contributed by atoms with E-state index in [0.29, 0.717) is 12.4 Å². The van der Waals surface area contributed by atoms with Crippen molar-refractivity contribution >= 4 is 17.6 Å². The van der Waals surface area contributed by atoms with E-state index >= 15 is 0 Å². The molecule has 0 aromatic carbocycles. The lowest BCUT2D eigenvalue weighted by Gasteiger charge is -2.05. The molecule has 1 aromatic rings. The minimum atomic E-state index is -0.393. The third kappa shape index (κ3) is 5.17. The van der Waals surface area contributed by atoms with Gasteiger partial charge in [-0.25, -0.2) is 4.98 Å².